The van der Waals surface area contributed by atoms with Crippen molar-refractivity contribution in [1.29, 1.82) is 0 Å². The largest absolute Gasteiger partial charge is 0.497 e. The summed E-state index contributed by atoms with van der Waals surface area (Å²) < 4.78 is 5.03. The molecule has 0 aromatic heterocycles. The molecular formula is C13H17NO5. The van der Waals surface area contributed by atoms with Crippen molar-refractivity contribution in [2.75, 3.05) is 26.7 Å². The van der Waals surface area contributed by atoms with Crippen molar-refractivity contribution >= 4 is 11.9 Å². The van der Waals surface area contributed by atoms with Crippen LogP contribution in [0.5, 0.6) is 5.75 Å². The number of carboxylic acids is 2. The third-order valence-corrected chi connectivity index (χ3v) is 2.59. The van der Waals surface area contributed by atoms with E-state index in [1.165, 1.54) is 4.90 Å². The number of methoxy groups -OCH3 is 1. The van der Waals surface area contributed by atoms with E-state index in [-0.39, 0.29) is 13.1 Å². The molecule has 1 rings (SSSR count). The van der Waals surface area contributed by atoms with E-state index < -0.39 is 11.9 Å². The highest BCUT2D eigenvalue weighted by molar-refractivity contribution is 5.72. The van der Waals surface area contributed by atoms with E-state index in [9.17, 15) is 9.59 Å². The fraction of sp³-hybridized carbons (Fsp3) is 0.385. The molecule has 0 saturated heterocycles. The number of hydrogen-bond donors (Lipinski definition) is 2. The molecule has 1 aromatic carbocycles. The summed E-state index contributed by atoms with van der Waals surface area (Å²) in [7, 11) is 1.58. The van der Waals surface area contributed by atoms with Gasteiger partial charge in [-0.05, 0) is 24.1 Å². The van der Waals surface area contributed by atoms with Gasteiger partial charge in [-0.25, -0.2) is 0 Å². The van der Waals surface area contributed by atoms with Crippen molar-refractivity contribution in [2.24, 2.45) is 0 Å². The first-order chi connectivity index (χ1) is 9.01. The summed E-state index contributed by atoms with van der Waals surface area (Å²) in [5, 5.41) is 17.4. The Hall–Kier alpha value is -2.08. The van der Waals surface area contributed by atoms with Crippen molar-refractivity contribution in [1.82, 2.24) is 4.90 Å². The molecule has 0 radical (unpaired) electrons. The van der Waals surface area contributed by atoms with E-state index in [2.05, 4.69) is 0 Å². The number of benzene rings is 1. The maximum atomic E-state index is 10.6. The molecule has 0 unspecified atom stereocenters. The minimum atomic E-state index is -1.03. The van der Waals surface area contributed by atoms with Crippen LogP contribution in [0, 0.1) is 0 Å². The SMILES string of the molecule is COc1ccc(CCN(CC(=O)O)CC(=O)O)cc1. The van der Waals surface area contributed by atoms with Crippen LogP contribution in [0.3, 0.4) is 0 Å². The highest BCUT2D eigenvalue weighted by Crippen LogP contribution is 2.11. The molecule has 0 saturated carbocycles. The molecule has 1 aromatic rings. The predicted octanol–water partition coefficient (Wildman–Crippen LogP) is 0.709. The Labute approximate surface area is 111 Å². The zero-order valence-corrected chi connectivity index (χ0v) is 10.7. The molecule has 0 bridgehead atoms. The Bertz CT molecular complexity index is 413. The molecule has 104 valence electrons. The Morgan fingerprint density at radius 1 is 1.11 bits per heavy atom. The van der Waals surface area contributed by atoms with Gasteiger partial charge in [0.1, 0.15) is 5.75 Å². The third-order valence-electron chi connectivity index (χ3n) is 2.59. The van der Waals surface area contributed by atoms with Gasteiger partial charge in [0.05, 0.1) is 20.2 Å². The standard InChI is InChI=1S/C13H17NO5/c1-19-11-4-2-10(3-5-11)6-7-14(8-12(15)16)9-13(17)18/h2-5H,6-9H2,1H3,(H,15,16)(H,17,18). The lowest BCUT2D eigenvalue weighted by atomic mass is 10.1. The van der Waals surface area contributed by atoms with Gasteiger partial charge in [-0.15, -0.1) is 0 Å². The highest BCUT2D eigenvalue weighted by atomic mass is 16.5. The smallest absolute Gasteiger partial charge is 0.317 e. The van der Waals surface area contributed by atoms with E-state index in [0.717, 1.165) is 11.3 Å². The van der Waals surface area contributed by atoms with Gasteiger partial charge in [-0.3, -0.25) is 14.5 Å². The Balaban J connectivity index is 2.53. The summed E-state index contributed by atoms with van der Waals surface area (Å²) in [6.45, 7) is -0.171. The number of carbonyl (C=O) groups is 2. The lowest BCUT2D eigenvalue weighted by molar-refractivity contribution is -0.141. The molecule has 0 aliphatic carbocycles. The van der Waals surface area contributed by atoms with Crippen molar-refractivity contribution < 1.29 is 24.5 Å². The van der Waals surface area contributed by atoms with E-state index in [0.29, 0.717) is 13.0 Å². The predicted molar refractivity (Wildman–Crippen MR) is 68.4 cm³/mol. The monoisotopic (exact) mass is 267 g/mol. The molecule has 0 atom stereocenters. The van der Waals surface area contributed by atoms with Gasteiger partial charge < -0.3 is 14.9 Å². The molecule has 0 aliphatic rings. The zero-order chi connectivity index (χ0) is 14.3. The maximum absolute atomic E-state index is 10.6. The van der Waals surface area contributed by atoms with E-state index in [4.69, 9.17) is 14.9 Å². The van der Waals surface area contributed by atoms with Crippen molar-refractivity contribution in [3.05, 3.63) is 29.8 Å². The first kappa shape index (κ1) is 15.0. The van der Waals surface area contributed by atoms with Crippen LogP contribution in [-0.2, 0) is 16.0 Å². The van der Waals surface area contributed by atoms with Gasteiger partial charge in [0.25, 0.3) is 0 Å². The van der Waals surface area contributed by atoms with Gasteiger partial charge >= 0.3 is 11.9 Å². The summed E-state index contributed by atoms with van der Waals surface area (Å²) in [5.41, 5.74) is 1.00. The molecule has 19 heavy (non-hydrogen) atoms. The zero-order valence-electron chi connectivity index (χ0n) is 10.7. The van der Waals surface area contributed by atoms with Crippen LogP contribution in [0.2, 0.25) is 0 Å². The summed E-state index contributed by atoms with van der Waals surface area (Å²) in [6, 6.07) is 7.37. The van der Waals surface area contributed by atoms with E-state index in [1.54, 1.807) is 7.11 Å². The molecule has 0 amide bonds. The summed E-state index contributed by atoms with van der Waals surface area (Å²) >= 11 is 0. The highest BCUT2D eigenvalue weighted by Gasteiger charge is 2.13. The molecule has 0 aliphatic heterocycles. The van der Waals surface area contributed by atoms with Crippen LogP contribution in [0.25, 0.3) is 0 Å². The summed E-state index contributed by atoms with van der Waals surface area (Å²) in [6.07, 6.45) is 0.588. The first-order valence-electron chi connectivity index (χ1n) is 5.80. The quantitative estimate of drug-likeness (QED) is 0.721. The van der Waals surface area contributed by atoms with Crippen LogP contribution in [0.1, 0.15) is 5.56 Å². The van der Waals surface area contributed by atoms with Gasteiger partial charge in [0.15, 0.2) is 0 Å². The number of hydrogen-bond acceptors (Lipinski definition) is 4. The first-order valence-corrected chi connectivity index (χ1v) is 5.80. The number of rotatable bonds is 8. The fourth-order valence-corrected chi connectivity index (χ4v) is 1.68. The summed E-state index contributed by atoms with van der Waals surface area (Å²) in [4.78, 5) is 22.7. The Morgan fingerprint density at radius 3 is 2.05 bits per heavy atom. The number of aliphatic carboxylic acids is 2. The second-order valence-electron chi connectivity index (χ2n) is 4.10. The average molecular weight is 267 g/mol. The third kappa shape index (κ3) is 5.87. The molecule has 6 heteroatoms. The normalized spacial score (nSPS) is 10.4. The van der Waals surface area contributed by atoms with Crippen molar-refractivity contribution in [3.63, 3.8) is 0 Å². The maximum Gasteiger partial charge on any atom is 0.317 e. The van der Waals surface area contributed by atoms with Gasteiger partial charge in [0, 0.05) is 6.54 Å². The van der Waals surface area contributed by atoms with Gasteiger partial charge in [-0.1, -0.05) is 12.1 Å². The van der Waals surface area contributed by atoms with Crippen LogP contribution in [-0.4, -0.2) is 53.8 Å². The van der Waals surface area contributed by atoms with Crippen LogP contribution >= 0.6 is 0 Å². The summed E-state index contributed by atoms with van der Waals surface area (Å²) in [5.74, 6) is -1.32. The van der Waals surface area contributed by atoms with E-state index >= 15 is 0 Å². The van der Waals surface area contributed by atoms with Gasteiger partial charge in [0.2, 0.25) is 0 Å². The topological polar surface area (TPSA) is 87.1 Å². The number of carboxylic acid groups (broad SMARTS) is 2. The van der Waals surface area contributed by atoms with E-state index in [1.807, 2.05) is 24.3 Å². The molecule has 6 nitrogen and oxygen atoms in total. The Kier molecular flexibility index (Phi) is 5.81. The van der Waals surface area contributed by atoms with Gasteiger partial charge in [-0.2, -0.15) is 0 Å². The second-order valence-corrected chi connectivity index (χ2v) is 4.10. The molecule has 0 heterocycles. The lowest BCUT2D eigenvalue weighted by Gasteiger charge is -2.17. The fourth-order valence-electron chi connectivity index (χ4n) is 1.68. The van der Waals surface area contributed by atoms with Crippen molar-refractivity contribution in [3.8, 4) is 5.75 Å². The number of ether oxygens (including phenoxy) is 1. The van der Waals surface area contributed by atoms with Crippen molar-refractivity contribution in [2.45, 2.75) is 6.42 Å². The minimum absolute atomic E-state index is 0.275. The van der Waals surface area contributed by atoms with Crippen LogP contribution in [0.4, 0.5) is 0 Å². The van der Waals surface area contributed by atoms with Crippen LogP contribution < -0.4 is 4.74 Å². The lowest BCUT2D eigenvalue weighted by Crippen LogP contribution is -2.35. The van der Waals surface area contributed by atoms with Crippen LogP contribution in [0.15, 0.2) is 24.3 Å². The Morgan fingerprint density at radius 2 is 1.63 bits per heavy atom. The second kappa shape index (κ2) is 7.38. The molecule has 0 fully saturated rings. The minimum Gasteiger partial charge on any atom is -0.497 e. The molecule has 0 spiro atoms. The average Bonchev–Trinajstić information content (AvgIpc) is 2.35. The number of nitrogens with zero attached hydrogens (tertiary/aromatic N) is 1. The molecular weight excluding hydrogens is 250 g/mol. The molecule has 2 N–H and O–H groups in total.